The zero-order valence-corrected chi connectivity index (χ0v) is 8.17. The minimum atomic E-state index is 0.410. The summed E-state index contributed by atoms with van der Waals surface area (Å²) in [7, 11) is 0. The molecule has 12 heavy (non-hydrogen) atoms. The van der Waals surface area contributed by atoms with Gasteiger partial charge in [0.25, 0.3) is 6.47 Å². The van der Waals surface area contributed by atoms with E-state index >= 15 is 0 Å². The van der Waals surface area contributed by atoms with Crippen LogP contribution in [0.3, 0.4) is 0 Å². The van der Waals surface area contributed by atoms with Gasteiger partial charge in [0.2, 0.25) is 0 Å². The van der Waals surface area contributed by atoms with Crippen molar-refractivity contribution in [2.24, 2.45) is 5.92 Å². The van der Waals surface area contributed by atoms with E-state index in [1.54, 1.807) is 0 Å². The number of carbonyl (C=O) groups excluding carboxylic acids is 1. The van der Waals surface area contributed by atoms with E-state index in [4.69, 9.17) is 0 Å². The van der Waals surface area contributed by atoms with E-state index in [2.05, 4.69) is 25.5 Å². The van der Waals surface area contributed by atoms with E-state index < -0.39 is 0 Å². The molecule has 0 radical (unpaired) electrons. The largest absolute Gasteiger partial charge is 0.464 e. The first-order valence-electron chi connectivity index (χ1n) is 4.37. The van der Waals surface area contributed by atoms with Crippen LogP contribution in [0.1, 0.15) is 33.6 Å². The van der Waals surface area contributed by atoms with Crippen LogP contribution < -0.4 is 0 Å². The second kappa shape index (κ2) is 6.89. The van der Waals surface area contributed by atoms with E-state index in [0.29, 0.717) is 13.1 Å². The SMILES string of the molecule is CC(=CCOC=O)CCC(C)C. The molecule has 0 aromatic rings. The van der Waals surface area contributed by atoms with Gasteiger partial charge in [-0.25, -0.2) is 0 Å². The summed E-state index contributed by atoms with van der Waals surface area (Å²) in [6, 6.07) is 0. The molecular weight excluding hydrogens is 152 g/mol. The molecule has 0 rings (SSSR count). The quantitative estimate of drug-likeness (QED) is 0.348. The maximum atomic E-state index is 9.80. The molecule has 0 amide bonds. The molecule has 0 fully saturated rings. The highest BCUT2D eigenvalue weighted by Gasteiger charge is 1.94. The maximum absolute atomic E-state index is 9.80. The van der Waals surface area contributed by atoms with Crippen molar-refractivity contribution in [1.29, 1.82) is 0 Å². The lowest BCUT2D eigenvalue weighted by Crippen LogP contribution is -1.91. The average Bonchev–Trinajstić information content (AvgIpc) is 2.01. The molecule has 0 unspecified atom stereocenters. The molecule has 0 saturated heterocycles. The van der Waals surface area contributed by atoms with Crippen LogP contribution in [0, 0.1) is 5.92 Å². The molecule has 0 saturated carbocycles. The lowest BCUT2D eigenvalue weighted by Gasteiger charge is -2.04. The number of rotatable bonds is 6. The van der Waals surface area contributed by atoms with Crippen LogP contribution in [0.4, 0.5) is 0 Å². The standard InChI is InChI=1S/C10H18O2/c1-9(2)4-5-10(3)6-7-12-8-11/h6,8-9H,4-5,7H2,1-3H3. The zero-order chi connectivity index (χ0) is 9.40. The molecule has 0 heterocycles. The Balaban J connectivity index is 3.48. The third-order valence-electron chi connectivity index (χ3n) is 1.71. The third-order valence-corrected chi connectivity index (χ3v) is 1.71. The molecule has 0 aliphatic heterocycles. The Kier molecular flexibility index (Phi) is 6.44. The topological polar surface area (TPSA) is 26.3 Å². The highest BCUT2D eigenvalue weighted by molar-refractivity contribution is 5.37. The Labute approximate surface area is 74.6 Å². The zero-order valence-electron chi connectivity index (χ0n) is 8.17. The minimum Gasteiger partial charge on any atom is -0.464 e. The summed E-state index contributed by atoms with van der Waals surface area (Å²) in [5.41, 5.74) is 1.30. The fourth-order valence-electron chi connectivity index (χ4n) is 0.848. The normalized spacial score (nSPS) is 11.8. The van der Waals surface area contributed by atoms with Crippen molar-refractivity contribution >= 4 is 6.47 Å². The smallest absolute Gasteiger partial charge is 0.293 e. The minimum absolute atomic E-state index is 0.410. The summed E-state index contributed by atoms with van der Waals surface area (Å²) >= 11 is 0. The van der Waals surface area contributed by atoms with E-state index in [1.807, 2.05) is 6.08 Å². The van der Waals surface area contributed by atoms with Gasteiger partial charge in [0.05, 0.1) is 0 Å². The predicted molar refractivity (Wildman–Crippen MR) is 49.8 cm³/mol. The highest BCUT2D eigenvalue weighted by Crippen LogP contribution is 2.10. The highest BCUT2D eigenvalue weighted by atomic mass is 16.5. The third kappa shape index (κ3) is 7.32. The van der Waals surface area contributed by atoms with Crippen molar-refractivity contribution in [2.75, 3.05) is 6.61 Å². The number of hydrogen-bond donors (Lipinski definition) is 0. The summed E-state index contributed by atoms with van der Waals surface area (Å²) in [5, 5.41) is 0. The Morgan fingerprint density at radius 3 is 2.67 bits per heavy atom. The van der Waals surface area contributed by atoms with Crippen LogP contribution in [-0.4, -0.2) is 13.1 Å². The molecule has 0 aliphatic carbocycles. The van der Waals surface area contributed by atoms with Crippen LogP contribution in [0.2, 0.25) is 0 Å². The van der Waals surface area contributed by atoms with Crippen molar-refractivity contribution in [2.45, 2.75) is 33.6 Å². The van der Waals surface area contributed by atoms with E-state index in [0.717, 1.165) is 12.3 Å². The van der Waals surface area contributed by atoms with Gasteiger partial charge in [0, 0.05) is 0 Å². The molecule has 0 N–H and O–H groups in total. The maximum Gasteiger partial charge on any atom is 0.293 e. The molecule has 0 aromatic carbocycles. The van der Waals surface area contributed by atoms with Gasteiger partial charge < -0.3 is 4.74 Å². The molecule has 70 valence electrons. The summed E-state index contributed by atoms with van der Waals surface area (Å²) in [5.74, 6) is 0.736. The van der Waals surface area contributed by atoms with Gasteiger partial charge in [-0.1, -0.05) is 19.4 Å². The molecule has 2 heteroatoms. The Hall–Kier alpha value is -0.790. The number of hydrogen-bond acceptors (Lipinski definition) is 2. The molecule has 0 bridgehead atoms. The van der Waals surface area contributed by atoms with E-state index in [9.17, 15) is 4.79 Å². The first-order valence-corrected chi connectivity index (χ1v) is 4.37. The van der Waals surface area contributed by atoms with Gasteiger partial charge in [0.15, 0.2) is 0 Å². The molecule has 2 nitrogen and oxygen atoms in total. The lowest BCUT2D eigenvalue weighted by atomic mass is 10.0. The van der Waals surface area contributed by atoms with Gasteiger partial charge >= 0.3 is 0 Å². The van der Waals surface area contributed by atoms with E-state index in [1.165, 1.54) is 12.0 Å². The number of ether oxygens (including phenoxy) is 1. The first kappa shape index (κ1) is 11.2. The molecule has 0 aromatic heterocycles. The fourth-order valence-corrected chi connectivity index (χ4v) is 0.848. The van der Waals surface area contributed by atoms with E-state index in [-0.39, 0.29) is 0 Å². The van der Waals surface area contributed by atoms with Crippen molar-refractivity contribution in [3.05, 3.63) is 11.6 Å². The van der Waals surface area contributed by atoms with Crippen molar-refractivity contribution in [1.82, 2.24) is 0 Å². The average molecular weight is 170 g/mol. The summed E-state index contributed by atoms with van der Waals surface area (Å²) in [4.78, 5) is 9.80. The predicted octanol–water partition coefficient (Wildman–Crippen LogP) is 2.54. The monoisotopic (exact) mass is 170 g/mol. The van der Waals surface area contributed by atoms with Crippen LogP contribution in [0.15, 0.2) is 11.6 Å². The fraction of sp³-hybridized carbons (Fsp3) is 0.700. The number of carbonyl (C=O) groups is 1. The van der Waals surface area contributed by atoms with Gasteiger partial charge in [-0.3, -0.25) is 4.79 Å². The second-order valence-corrected chi connectivity index (χ2v) is 3.41. The van der Waals surface area contributed by atoms with Crippen molar-refractivity contribution < 1.29 is 9.53 Å². The summed E-state index contributed by atoms with van der Waals surface area (Å²) in [6.45, 7) is 7.36. The summed E-state index contributed by atoms with van der Waals surface area (Å²) in [6.07, 6.45) is 4.25. The van der Waals surface area contributed by atoms with Crippen LogP contribution in [0.5, 0.6) is 0 Å². The Morgan fingerprint density at radius 2 is 2.17 bits per heavy atom. The Bertz CT molecular complexity index is 148. The second-order valence-electron chi connectivity index (χ2n) is 3.41. The first-order chi connectivity index (χ1) is 5.66. The van der Waals surface area contributed by atoms with Crippen molar-refractivity contribution in [3.63, 3.8) is 0 Å². The Morgan fingerprint density at radius 1 is 1.50 bits per heavy atom. The van der Waals surface area contributed by atoms with Gasteiger partial charge in [-0.2, -0.15) is 0 Å². The van der Waals surface area contributed by atoms with Crippen LogP contribution >= 0.6 is 0 Å². The van der Waals surface area contributed by atoms with Crippen LogP contribution in [-0.2, 0) is 9.53 Å². The van der Waals surface area contributed by atoms with Gasteiger partial charge in [-0.15, -0.1) is 0 Å². The van der Waals surface area contributed by atoms with Gasteiger partial charge in [0.1, 0.15) is 6.61 Å². The summed E-state index contributed by atoms with van der Waals surface area (Å²) < 4.78 is 4.55. The molecule has 0 atom stereocenters. The lowest BCUT2D eigenvalue weighted by molar-refractivity contribution is -0.127. The van der Waals surface area contributed by atoms with Crippen molar-refractivity contribution in [3.8, 4) is 0 Å². The molecular formula is C10H18O2. The molecule has 0 aliphatic rings. The van der Waals surface area contributed by atoms with Gasteiger partial charge in [-0.05, 0) is 31.8 Å². The number of allylic oxidation sites excluding steroid dienone is 1. The van der Waals surface area contributed by atoms with Crippen LogP contribution in [0.25, 0.3) is 0 Å². The molecule has 0 spiro atoms.